The first-order valence-electron chi connectivity index (χ1n) is 10.1. The molecule has 0 amide bonds. The largest absolute Gasteiger partial charge is 0.338 e. The summed E-state index contributed by atoms with van der Waals surface area (Å²) in [4.78, 5) is 45.3. The number of aromatic amines is 2. The molecule has 0 unspecified atom stereocenters. The lowest BCUT2D eigenvalue weighted by Gasteiger charge is -2.36. The van der Waals surface area contributed by atoms with Crippen LogP contribution in [0.4, 0.5) is 23.5 Å². The third-order valence-corrected chi connectivity index (χ3v) is 5.27. The molecule has 31 heavy (non-hydrogen) atoms. The SMILES string of the molecule is N[C@@H]1C[C@H](N)CN(c2nc(Nc3c[nH]c(=O)[nH]c3=O)nc(N3C[C@H](N)C[C@H](N)C3)n2)C1. The van der Waals surface area contributed by atoms with Crippen LogP contribution in [0, 0.1) is 0 Å². The molecule has 0 saturated carbocycles. The van der Waals surface area contributed by atoms with Crippen molar-refractivity contribution in [2.75, 3.05) is 41.3 Å². The van der Waals surface area contributed by atoms with E-state index in [1.54, 1.807) is 0 Å². The number of H-pyrrole nitrogens is 2. The van der Waals surface area contributed by atoms with E-state index in [9.17, 15) is 9.59 Å². The van der Waals surface area contributed by atoms with Crippen molar-refractivity contribution < 1.29 is 0 Å². The number of rotatable bonds is 4. The van der Waals surface area contributed by atoms with Crippen LogP contribution in [0.25, 0.3) is 0 Å². The maximum Gasteiger partial charge on any atom is 0.325 e. The first kappa shape index (κ1) is 21.2. The zero-order valence-electron chi connectivity index (χ0n) is 17.0. The molecule has 0 bridgehead atoms. The maximum absolute atomic E-state index is 12.1. The van der Waals surface area contributed by atoms with Gasteiger partial charge in [-0.15, -0.1) is 0 Å². The van der Waals surface area contributed by atoms with Crippen LogP contribution in [0.3, 0.4) is 0 Å². The summed E-state index contributed by atoms with van der Waals surface area (Å²) in [5.74, 6) is 0.899. The zero-order valence-corrected chi connectivity index (χ0v) is 17.0. The molecule has 0 spiro atoms. The van der Waals surface area contributed by atoms with Crippen LogP contribution in [0.15, 0.2) is 15.8 Å². The molecule has 0 aliphatic carbocycles. The molecule has 4 heterocycles. The van der Waals surface area contributed by atoms with Crippen molar-refractivity contribution in [3.8, 4) is 0 Å². The average Bonchev–Trinajstić information content (AvgIpc) is 2.68. The van der Waals surface area contributed by atoms with E-state index in [4.69, 9.17) is 22.9 Å². The second-order valence-corrected chi connectivity index (χ2v) is 8.19. The first-order chi connectivity index (χ1) is 14.8. The van der Waals surface area contributed by atoms with Crippen LogP contribution in [0.5, 0.6) is 0 Å². The molecule has 4 rings (SSSR count). The minimum Gasteiger partial charge on any atom is -0.338 e. The van der Waals surface area contributed by atoms with Crippen LogP contribution in [-0.2, 0) is 0 Å². The van der Waals surface area contributed by atoms with Crippen molar-refractivity contribution in [2.45, 2.75) is 37.0 Å². The second-order valence-electron chi connectivity index (χ2n) is 8.19. The molecule has 2 aromatic heterocycles. The number of anilines is 4. The van der Waals surface area contributed by atoms with Crippen LogP contribution in [0.1, 0.15) is 12.8 Å². The van der Waals surface area contributed by atoms with Gasteiger partial charge in [-0.05, 0) is 12.8 Å². The molecule has 2 fully saturated rings. The molecule has 2 aliphatic heterocycles. The Morgan fingerprint density at radius 2 is 1.32 bits per heavy atom. The number of piperidine rings is 2. The number of aromatic nitrogens is 5. The molecule has 14 nitrogen and oxygen atoms in total. The van der Waals surface area contributed by atoms with E-state index >= 15 is 0 Å². The second kappa shape index (κ2) is 8.58. The van der Waals surface area contributed by atoms with E-state index in [-0.39, 0.29) is 35.8 Å². The highest BCUT2D eigenvalue weighted by Crippen LogP contribution is 2.22. The molecule has 11 N–H and O–H groups in total. The molecule has 168 valence electrons. The molecule has 4 atom stereocenters. The lowest BCUT2D eigenvalue weighted by molar-refractivity contribution is 0.441. The van der Waals surface area contributed by atoms with Gasteiger partial charge in [-0.3, -0.25) is 9.78 Å². The molecule has 14 heteroatoms. The predicted octanol–water partition coefficient (Wildman–Crippen LogP) is -3.28. The number of nitrogens with one attached hydrogen (secondary N) is 3. The van der Waals surface area contributed by atoms with Gasteiger partial charge in [-0.25, -0.2) is 4.79 Å². The monoisotopic (exact) mass is 432 g/mol. The van der Waals surface area contributed by atoms with Crippen molar-refractivity contribution in [1.82, 2.24) is 24.9 Å². The Morgan fingerprint density at radius 1 is 0.839 bits per heavy atom. The van der Waals surface area contributed by atoms with Crippen molar-refractivity contribution in [3.63, 3.8) is 0 Å². The van der Waals surface area contributed by atoms with Crippen molar-refractivity contribution in [3.05, 3.63) is 27.0 Å². The van der Waals surface area contributed by atoms with Gasteiger partial charge in [0.25, 0.3) is 5.56 Å². The van der Waals surface area contributed by atoms with Gasteiger partial charge >= 0.3 is 5.69 Å². The number of nitrogens with zero attached hydrogens (tertiary/aromatic N) is 5. The topological polar surface area (TPSA) is 227 Å². The van der Waals surface area contributed by atoms with Gasteiger partial charge in [0, 0.05) is 56.5 Å². The molecule has 2 saturated heterocycles. The van der Waals surface area contributed by atoms with E-state index < -0.39 is 11.2 Å². The van der Waals surface area contributed by atoms with Gasteiger partial charge in [-0.2, -0.15) is 15.0 Å². The number of hydrogen-bond donors (Lipinski definition) is 7. The van der Waals surface area contributed by atoms with E-state index in [2.05, 4.69) is 30.2 Å². The van der Waals surface area contributed by atoms with Gasteiger partial charge in [0.05, 0.1) is 0 Å². The summed E-state index contributed by atoms with van der Waals surface area (Å²) in [6.45, 7) is 2.15. The Kier molecular flexibility index (Phi) is 5.86. The molecule has 2 aromatic rings. The number of hydrogen-bond acceptors (Lipinski definition) is 12. The summed E-state index contributed by atoms with van der Waals surface area (Å²) in [6.07, 6.45) is 2.67. The third kappa shape index (κ3) is 4.99. The quantitative estimate of drug-likeness (QED) is 0.252. The number of nitrogens with two attached hydrogens (primary N) is 4. The van der Waals surface area contributed by atoms with Crippen molar-refractivity contribution >= 4 is 23.5 Å². The van der Waals surface area contributed by atoms with Gasteiger partial charge < -0.3 is 43.0 Å². The van der Waals surface area contributed by atoms with Gasteiger partial charge in [0.15, 0.2) is 0 Å². The van der Waals surface area contributed by atoms with E-state index in [1.807, 2.05) is 9.80 Å². The van der Waals surface area contributed by atoms with Gasteiger partial charge in [-0.1, -0.05) is 0 Å². The minimum atomic E-state index is -0.611. The highest BCUT2D eigenvalue weighted by atomic mass is 16.2. The molecular formula is C17H28N12O2. The Labute approximate surface area is 177 Å². The van der Waals surface area contributed by atoms with E-state index in [0.29, 0.717) is 50.9 Å². The van der Waals surface area contributed by atoms with Gasteiger partial charge in [0.1, 0.15) is 5.69 Å². The Balaban J connectivity index is 1.71. The molecule has 2 aliphatic rings. The molecular weight excluding hydrogens is 404 g/mol. The first-order valence-corrected chi connectivity index (χ1v) is 10.1. The van der Waals surface area contributed by atoms with Crippen LogP contribution < -0.4 is 49.3 Å². The van der Waals surface area contributed by atoms with Crippen LogP contribution in [-0.4, -0.2) is 75.3 Å². The van der Waals surface area contributed by atoms with Crippen LogP contribution in [0.2, 0.25) is 0 Å². The highest BCUT2D eigenvalue weighted by Gasteiger charge is 2.28. The maximum atomic E-state index is 12.1. The summed E-state index contributed by atoms with van der Waals surface area (Å²) >= 11 is 0. The fourth-order valence-electron chi connectivity index (χ4n) is 4.00. The Bertz CT molecular complexity index is 974. The summed E-state index contributed by atoms with van der Waals surface area (Å²) in [5, 5.41) is 2.85. The smallest absolute Gasteiger partial charge is 0.325 e. The average molecular weight is 432 g/mol. The summed E-state index contributed by atoms with van der Waals surface area (Å²) in [5.41, 5.74) is 23.4. The Hall–Kier alpha value is -3.07. The van der Waals surface area contributed by atoms with E-state index in [0.717, 1.165) is 0 Å². The minimum absolute atomic E-state index is 0.0850. The summed E-state index contributed by atoms with van der Waals surface area (Å²) in [6, 6.07) is -0.447. The fraction of sp³-hybridized carbons (Fsp3) is 0.588. The summed E-state index contributed by atoms with van der Waals surface area (Å²) in [7, 11) is 0. The highest BCUT2D eigenvalue weighted by molar-refractivity contribution is 5.54. The van der Waals surface area contributed by atoms with Crippen molar-refractivity contribution in [1.29, 1.82) is 0 Å². The van der Waals surface area contributed by atoms with Gasteiger partial charge in [0.2, 0.25) is 17.8 Å². The lowest BCUT2D eigenvalue weighted by atomic mass is 10.0. The van der Waals surface area contributed by atoms with Crippen molar-refractivity contribution in [2.24, 2.45) is 22.9 Å². The summed E-state index contributed by atoms with van der Waals surface area (Å²) < 4.78 is 0. The third-order valence-electron chi connectivity index (χ3n) is 5.27. The normalized spacial score (nSPS) is 26.7. The lowest BCUT2D eigenvalue weighted by Crippen LogP contribution is -2.54. The zero-order chi connectivity index (χ0) is 22.1. The van der Waals surface area contributed by atoms with Crippen LogP contribution >= 0.6 is 0 Å². The molecule has 0 aromatic carbocycles. The molecule has 0 radical (unpaired) electrons. The Morgan fingerprint density at radius 3 is 1.77 bits per heavy atom. The predicted molar refractivity (Wildman–Crippen MR) is 116 cm³/mol. The van der Waals surface area contributed by atoms with E-state index in [1.165, 1.54) is 6.20 Å². The standard InChI is InChI=1S/C17H28N12O2/c18-8-1-9(19)5-28(4-8)15-25-14(23-12-3-22-17(31)24-13(12)30)26-16(27-15)29-6-10(20)2-11(21)7-29/h3,8-11H,1-2,4-7,18-21H2,(H2,22,24,30,31)(H,23,25,26,27)/t8-,9+,10-,11+. The fourth-order valence-corrected chi connectivity index (χ4v) is 4.00.